The summed E-state index contributed by atoms with van der Waals surface area (Å²) in [6, 6.07) is 5.99. The summed E-state index contributed by atoms with van der Waals surface area (Å²) < 4.78 is 0. The van der Waals surface area contributed by atoms with Crippen LogP contribution in [0.15, 0.2) is 18.2 Å². The number of rotatable bonds is 2. The van der Waals surface area contributed by atoms with E-state index in [1.54, 1.807) is 0 Å². The zero-order valence-electron chi connectivity index (χ0n) is 12.7. The van der Waals surface area contributed by atoms with Crippen LogP contribution in [0.4, 0.5) is 0 Å². The molecule has 1 N–H and O–H groups in total. The molecule has 3 rings (SSSR count). The van der Waals surface area contributed by atoms with Crippen molar-refractivity contribution in [2.75, 3.05) is 13.6 Å². The Bertz CT molecular complexity index is 722. The monoisotopic (exact) mass is 284 g/mol. The molecule has 2 heterocycles. The van der Waals surface area contributed by atoms with E-state index in [2.05, 4.69) is 18.7 Å². The van der Waals surface area contributed by atoms with Gasteiger partial charge in [0.1, 0.15) is 0 Å². The highest BCUT2D eigenvalue weighted by Gasteiger charge is 2.24. The summed E-state index contributed by atoms with van der Waals surface area (Å²) in [6.45, 7) is 5.81. The summed E-state index contributed by atoms with van der Waals surface area (Å²) in [7, 11) is 2.02. The molecule has 1 aliphatic rings. The fourth-order valence-corrected chi connectivity index (χ4v) is 3.00. The minimum absolute atomic E-state index is 0.370. The highest BCUT2D eigenvalue weighted by molar-refractivity contribution is 6.04. The van der Waals surface area contributed by atoms with Crippen molar-refractivity contribution >= 4 is 16.9 Å². The summed E-state index contributed by atoms with van der Waals surface area (Å²) in [5, 5.41) is 10.5. The van der Waals surface area contributed by atoms with Gasteiger partial charge in [-0.05, 0) is 30.7 Å². The number of benzene rings is 1. The molecule has 1 aromatic heterocycles. The second kappa shape index (κ2) is 5.11. The van der Waals surface area contributed by atoms with Gasteiger partial charge in [-0.3, -0.25) is 4.98 Å². The lowest BCUT2D eigenvalue weighted by Crippen LogP contribution is -2.29. The first-order valence-electron chi connectivity index (χ1n) is 7.34. The third-order valence-corrected chi connectivity index (χ3v) is 4.23. The summed E-state index contributed by atoms with van der Waals surface area (Å²) in [4.78, 5) is 18.7. The average Bonchev–Trinajstić information content (AvgIpc) is 2.43. The van der Waals surface area contributed by atoms with Crippen molar-refractivity contribution in [2.24, 2.45) is 0 Å². The maximum Gasteiger partial charge on any atom is 0.336 e. The molecule has 2 aromatic rings. The molecule has 0 amide bonds. The summed E-state index contributed by atoms with van der Waals surface area (Å²) in [6.07, 6.45) is 0.813. The van der Waals surface area contributed by atoms with Crippen molar-refractivity contribution < 1.29 is 9.90 Å². The molecule has 0 saturated carbocycles. The molecule has 0 spiro atoms. The van der Waals surface area contributed by atoms with E-state index < -0.39 is 5.97 Å². The number of carboxylic acid groups (broad SMARTS) is 1. The second-order valence-electron chi connectivity index (χ2n) is 6.14. The molecular formula is C17H20N2O2. The first-order chi connectivity index (χ1) is 9.97. The minimum atomic E-state index is -0.852. The van der Waals surface area contributed by atoms with Gasteiger partial charge in [0.15, 0.2) is 0 Å². The van der Waals surface area contributed by atoms with Crippen LogP contribution < -0.4 is 0 Å². The predicted octanol–water partition coefficient (Wildman–Crippen LogP) is 3.04. The van der Waals surface area contributed by atoms with E-state index >= 15 is 0 Å². The molecule has 4 nitrogen and oxygen atoms in total. The Morgan fingerprint density at radius 2 is 2.14 bits per heavy atom. The van der Waals surface area contributed by atoms with Gasteiger partial charge in [-0.15, -0.1) is 0 Å². The van der Waals surface area contributed by atoms with Crippen LogP contribution >= 0.6 is 0 Å². The normalized spacial score (nSPS) is 15.4. The van der Waals surface area contributed by atoms with Crippen molar-refractivity contribution in [3.8, 4) is 0 Å². The summed E-state index contributed by atoms with van der Waals surface area (Å²) in [5.74, 6) is -0.482. The van der Waals surface area contributed by atoms with Crippen molar-refractivity contribution in [3.63, 3.8) is 0 Å². The molecule has 110 valence electrons. The average molecular weight is 284 g/mol. The number of aromatic nitrogens is 1. The Morgan fingerprint density at radius 1 is 1.38 bits per heavy atom. The van der Waals surface area contributed by atoms with Gasteiger partial charge in [0.05, 0.1) is 11.1 Å². The van der Waals surface area contributed by atoms with Crippen LogP contribution in [0.3, 0.4) is 0 Å². The molecule has 0 atom stereocenters. The van der Waals surface area contributed by atoms with Crippen molar-refractivity contribution in [3.05, 3.63) is 40.6 Å². The number of nitrogens with zero attached hydrogens (tertiary/aromatic N) is 2. The Morgan fingerprint density at radius 3 is 2.81 bits per heavy atom. The van der Waals surface area contributed by atoms with Crippen LogP contribution in [0.25, 0.3) is 10.9 Å². The number of hydrogen-bond acceptors (Lipinski definition) is 3. The van der Waals surface area contributed by atoms with Gasteiger partial charge < -0.3 is 10.0 Å². The van der Waals surface area contributed by atoms with Crippen molar-refractivity contribution in [1.82, 2.24) is 9.88 Å². The van der Waals surface area contributed by atoms with Gasteiger partial charge in [0, 0.05) is 36.2 Å². The van der Waals surface area contributed by atoms with E-state index in [4.69, 9.17) is 4.98 Å². The number of carbonyl (C=O) groups is 1. The number of hydrogen-bond donors (Lipinski definition) is 1. The zero-order valence-corrected chi connectivity index (χ0v) is 12.7. The predicted molar refractivity (Wildman–Crippen MR) is 82.8 cm³/mol. The number of pyridine rings is 1. The maximum absolute atomic E-state index is 11.8. The molecule has 0 saturated heterocycles. The quantitative estimate of drug-likeness (QED) is 0.921. The number of fused-ring (bicyclic) bond motifs is 2. The number of carboxylic acids is 1. The third kappa shape index (κ3) is 2.40. The highest BCUT2D eigenvalue weighted by atomic mass is 16.4. The fraction of sp³-hybridized carbons (Fsp3) is 0.412. The van der Waals surface area contributed by atoms with Crippen LogP contribution in [0, 0.1) is 0 Å². The molecule has 21 heavy (non-hydrogen) atoms. The van der Waals surface area contributed by atoms with Crippen LogP contribution in [-0.4, -0.2) is 34.6 Å². The molecule has 0 unspecified atom stereocenters. The molecule has 0 bridgehead atoms. The van der Waals surface area contributed by atoms with Gasteiger partial charge in [-0.2, -0.15) is 0 Å². The van der Waals surface area contributed by atoms with Crippen LogP contribution in [-0.2, 0) is 13.0 Å². The molecule has 4 heteroatoms. The van der Waals surface area contributed by atoms with Crippen molar-refractivity contribution in [1.29, 1.82) is 0 Å². The van der Waals surface area contributed by atoms with Crippen LogP contribution in [0.1, 0.15) is 46.9 Å². The van der Waals surface area contributed by atoms with Gasteiger partial charge >= 0.3 is 5.97 Å². The van der Waals surface area contributed by atoms with Gasteiger partial charge in [-0.25, -0.2) is 4.79 Å². The van der Waals surface area contributed by atoms with Gasteiger partial charge in [0.25, 0.3) is 0 Å². The summed E-state index contributed by atoms with van der Waals surface area (Å²) >= 11 is 0. The topological polar surface area (TPSA) is 53.4 Å². The fourth-order valence-electron chi connectivity index (χ4n) is 3.00. The van der Waals surface area contributed by atoms with E-state index in [1.807, 2.05) is 25.2 Å². The largest absolute Gasteiger partial charge is 0.478 e. The van der Waals surface area contributed by atoms with E-state index in [1.165, 1.54) is 0 Å². The van der Waals surface area contributed by atoms with Gasteiger partial charge in [0.2, 0.25) is 0 Å². The van der Waals surface area contributed by atoms with E-state index in [9.17, 15) is 9.90 Å². The van der Waals surface area contributed by atoms with E-state index in [-0.39, 0.29) is 0 Å². The van der Waals surface area contributed by atoms with E-state index in [0.717, 1.165) is 40.7 Å². The Kier molecular flexibility index (Phi) is 3.41. The van der Waals surface area contributed by atoms with E-state index in [0.29, 0.717) is 18.0 Å². The molecule has 1 aromatic carbocycles. The molecule has 0 radical (unpaired) electrons. The molecule has 0 fully saturated rings. The molecule has 0 aliphatic carbocycles. The van der Waals surface area contributed by atoms with Gasteiger partial charge in [-0.1, -0.05) is 19.9 Å². The van der Waals surface area contributed by atoms with Crippen LogP contribution in [0.5, 0.6) is 0 Å². The third-order valence-electron chi connectivity index (χ3n) is 4.23. The van der Waals surface area contributed by atoms with Crippen LogP contribution in [0.2, 0.25) is 0 Å². The lowest BCUT2D eigenvalue weighted by atomic mass is 9.93. The highest BCUT2D eigenvalue weighted by Crippen LogP contribution is 2.30. The zero-order chi connectivity index (χ0) is 15.1. The van der Waals surface area contributed by atoms with Crippen molar-refractivity contribution in [2.45, 2.75) is 32.7 Å². The standard InChI is InChI=1S/C17H20N2O2/c1-10(2)11-4-5-14-12(8-11)16(17(20)21)13-9-19(3)7-6-15(13)18-14/h4-5,8,10H,6-7,9H2,1-3H3,(H,20,21). The number of likely N-dealkylation sites (N-methyl/N-ethyl adjacent to an activating group) is 1. The lowest BCUT2D eigenvalue weighted by molar-refractivity contribution is 0.0696. The Hall–Kier alpha value is -1.94. The molecular weight excluding hydrogens is 264 g/mol. The summed E-state index contributed by atoms with van der Waals surface area (Å²) in [5.41, 5.74) is 4.19. The smallest absolute Gasteiger partial charge is 0.336 e. The first-order valence-corrected chi connectivity index (χ1v) is 7.34. The Labute approximate surface area is 124 Å². The molecule has 1 aliphatic heterocycles. The SMILES string of the molecule is CC(C)c1ccc2nc3c(c(C(=O)O)c2c1)CN(C)CC3. The Balaban J connectivity index is 2.32. The number of aromatic carboxylic acids is 1. The lowest BCUT2D eigenvalue weighted by Gasteiger charge is -2.26. The second-order valence-corrected chi connectivity index (χ2v) is 6.14. The first kappa shape index (κ1) is 14.0. The minimum Gasteiger partial charge on any atom is -0.478 e. The maximum atomic E-state index is 11.8.